The number of fused-ring (bicyclic) bond motifs is 1. The van der Waals surface area contributed by atoms with E-state index in [9.17, 15) is 29.3 Å². The normalized spacial score (nSPS) is 14.2. The molecule has 1 aliphatic carbocycles. The van der Waals surface area contributed by atoms with Crippen molar-refractivity contribution in [1.82, 2.24) is 34.7 Å². The summed E-state index contributed by atoms with van der Waals surface area (Å²) in [6.45, 7) is 13.5. The van der Waals surface area contributed by atoms with E-state index in [1.165, 1.54) is 6.92 Å². The number of carbonyl (C=O) groups excluding carboxylic acids is 3. The first-order valence-electron chi connectivity index (χ1n) is 24.5. The van der Waals surface area contributed by atoms with E-state index in [1.807, 2.05) is 25.1 Å². The van der Waals surface area contributed by atoms with E-state index < -0.39 is 10.8 Å². The molecular weight excluding hydrogens is 965 g/mol. The molecule has 4 N–H and O–H groups in total. The predicted molar refractivity (Wildman–Crippen MR) is 276 cm³/mol. The fourth-order valence-electron chi connectivity index (χ4n) is 8.61. The summed E-state index contributed by atoms with van der Waals surface area (Å²) < 4.78 is 29.6. The van der Waals surface area contributed by atoms with E-state index in [0.717, 1.165) is 86.3 Å². The number of nitrogens with one attached hydrogen (secondary N) is 4. The molecule has 0 atom stereocenters. The maximum absolute atomic E-state index is 13.6. The highest BCUT2D eigenvalue weighted by Crippen LogP contribution is 2.32. The number of aromatic nitrogens is 5. The van der Waals surface area contributed by atoms with Crippen LogP contribution >= 0.6 is 11.3 Å². The number of Topliss-reactive ketones (excluding diaryl/α,β-unsaturated/α-hetero) is 1. The van der Waals surface area contributed by atoms with Crippen molar-refractivity contribution >= 4 is 73.2 Å². The quantitative estimate of drug-likeness (QED) is 0.0214. The third-order valence-corrected chi connectivity index (χ3v) is 13.2. The van der Waals surface area contributed by atoms with Gasteiger partial charge in [-0.2, -0.15) is 4.98 Å². The van der Waals surface area contributed by atoms with Crippen LogP contribution in [0.1, 0.15) is 70.5 Å². The second kappa shape index (κ2) is 27.5. The van der Waals surface area contributed by atoms with Gasteiger partial charge in [0.05, 0.1) is 95.0 Å². The Morgan fingerprint density at radius 1 is 0.808 bits per heavy atom. The van der Waals surface area contributed by atoms with Crippen molar-refractivity contribution in [2.45, 2.75) is 52.5 Å². The smallest absolute Gasteiger partial charge is 0.345 e. The number of aryl methyl sites for hydroxylation is 2. The van der Waals surface area contributed by atoms with Crippen molar-refractivity contribution in [3.8, 4) is 0 Å². The number of anilines is 5. The number of ether oxygens (including phenoxy) is 5. The lowest BCUT2D eigenvalue weighted by Gasteiger charge is -2.35. The Bertz CT molecular complexity index is 2710. The molecule has 4 aromatic heterocycles. The number of rotatable bonds is 29. The lowest BCUT2D eigenvalue weighted by Crippen LogP contribution is -2.49. The zero-order valence-corrected chi connectivity index (χ0v) is 42.3. The molecule has 73 heavy (non-hydrogen) atoms. The molecule has 0 unspecified atom stereocenters. The first kappa shape index (κ1) is 54.2. The van der Waals surface area contributed by atoms with Crippen LogP contribution in [0.25, 0.3) is 11.0 Å². The molecule has 1 aliphatic heterocycles. The SMILES string of the molecule is CC(=O)c1c(C)c2cnc(Nc3ccc(N4CCN(CC(=O)NCCOCCOCCOCCOCCOCCNc5ccc(C(=O)Nc6ncc([N+](=O)[O-])s6)c(C)c5)CC4)cn3)nc2n(C2CCCC2)c1=O. The minimum absolute atomic E-state index is 0.00566. The van der Waals surface area contributed by atoms with Crippen LogP contribution in [0.15, 0.2) is 53.7 Å². The Balaban J connectivity index is 0.658. The maximum atomic E-state index is 13.6. The van der Waals surface area contributed by atoms with Crippen LogP contribution in [0.4, 0.5) is 33.3 Å². The second-order valence-electron chi connectivity index (χ2n) is 17.5. The van der Waals surface area contributed by atoms with Crippen LogP contribution in [0.5, 0.6) is 0 Å². The minimum Gasteiger partial charge on any atom is -0.383 e. The summed E-state index contributed by atoms with van der Waals surface area (Å²) in [7, 11) is 0. The minimum atomic E-state index is -0.551. The third kappa shape index (κ3) is 15.7. The summed E-state index contributed by atoms with van der Waals surface area (Å²) in [6.07, 6.45) is 8.38. The molecule has 392 valence electrons. The molecule has 5 aromatic rings. The molecule has 1 aromatic carbocycles. The fourth-order valence-corrected chi connectivity index (χ4v) is 9.23. The molecule has 1 saturated heterocycles. The fraction of sp³-hybridized carbons (Fsp3) is 0.510. The van der Waals surface area contributed by atoms with Crippen LogP contribution in [0, 0.1) is 24.0 Å². The number of nitrogens with zero attached hydrogens (tertiary/aromatic N) is 8. The summed E-state index contributed by atoms with van der Waals surface area (Å²) in [5.74, 6) is 0.186. The first-order chi connectivity index (χ1) is 35.4. The largest absolute Gasteiger partial charge is 0.383 e. The number of thiazole rings is 1. The molecule has 5 heterocycles. The van der Waals surface area contributed by atoms with Gasteiger partial charge in [0.25, 0.3) is 11.5 Å². The molecule has 24 heteroatoms. The molecule has 0 bridgehead atoms. The Hall–Kier alpha value is -6.54. The van der Waals surface area contributed by atoms with E-state index in [1.54, 1.807) is 36.0 Å². The molecule has 23 nitrogen and oxygen atoms in total. The molecule has 0 radical (unpaired) electrons. The van der Waals surface area contributed by atoms with Crippen molar-refractivity contribution in [2.24, 2.45) is 0 Å². The van der Waals surface area contributed by atoms with Crippen molar-refractivity contribution < 1.29 is 43.0 Å². The van der Waals surface area contributed by atoms with Crippen molar-refractivity contribution in [3.63, 3.8) is 0 Å². The first-order valence-corrected chi connectivity index (χ1v) is 25.3. The number of piperazine rings is 1. The van der Waals surface area contributed by atoms with Gasteiger partial charge in [0.1, 0.15) is 17.7 Å². The van der Waals surface area contributed by atoms with E-state index in [0.29, 0.717) is 120 Å². The zero-order valence-electron chi connectivity index (χ0n) is 41.5. The second-order valence-corrected chi connectivity index (χ2v) is 18.5. The molecule has 1 saturated carbocycles. The standard InChI is InChI=1S/C49H64N12O11S/c1-33-28-36(8-10-39(33)46(64)57-49-54-31-43(73-49)61(66)67)50-12-18-68-20-22-70-24-26-72-27-25-71-23-21-69-19-13-51-42(63)32-58-14-16-59(17-15-58)38-9-11-41(52-29-38)55-48-53-30-40-34(2)44(35(3)62)47(65)60(45(40)56-48)37-6-4-5-7-37/h8-11,28-31,37,50H,4-7,12-27,32H2,1-3H3,(H,51,63)(H,54,57,64)(H,52,53,55,56). The van der Waals surface area contributed by atoms with E-state index in [2.05, 4.69) is 46.0 Å². The lowest BCUT2D eigenvalue weighted by atomic mass is 10.0. The predicted octanol–water partition coefficient (Wildman–Crippen LogP) is 4.91. The highest BCUT2D eigenvalue weighted by atomic mass is 32.1. The number of hydrogen-bond acceptors (Lipinski definition) is 20. The number of amides is 2. The molecule has 2 fully saturated rings. The average Bonchev–Trinajstić information content (AvgIpc) is 4.09. The molecule has 2 aliphatic rings. The monoisotopic (exact) mass is 1030 g/mol. The van der Waals surface area contributed by atoms with Crippen molar-refractivity contribution in [3.05, 3.63) is 91.6 Å². The van der Waals surface area contributed by atoms with Gasteiger partial charge in [-0.05, 0) is 86.4 Å². The van der Waals surface area contributed by atoms with Crippen LogP contribution < -0.4 is 31.7 Å². The van der Waals surface area contributed by atoms with Gasteiger partial charge in [-0.3, -0.25) is 44.1 Å². The molecule has 7 rings (SSSR count). The topological polar surface area (TPSA) is 269 Å². The van der Waals surface area contributed by atoms with E-state index in [-0.39, 0.29) is 39.0 Å². The molecular formula is C49H64N12O11S. The van der Waals surface area contributed by atoms with Gasteiger partial charge in [-0.1, -0.05) is 12.8 Å². The Morgan fingerprint density at radius 3 is 2.07 bits per heavy atom. The molecule has 0 spiro atoms. The average molecular weight is 1030 g/mol. The Morgan fingerprint density at radius 2 is 1.47 bits per heavy atom. The Labute approximate surface area is 426 Å². The van der Waals surface area contributed by atoms with Crippen LogP contribution in [-0.4, -0.2) is 164 Å². The maximum Gasteiger partial charge on any atom is 0.345 e. The Kier molecular flexibility index (Phi) is 20.4. The number of benzene rings is 1. The highest BCUT2D eigenvalue weighted by molar-refractivity contribution is 7.18. The summed E-state index contributed by atoms with van der Waals surface area (Å²) in [6, 6.07) is 9.16. The van der Waals surface area contributed by atoms with Gasteiger partial charge in [-0.25, -0.2) is 15.0 Å². The summed E-state index contributed by atoms with van der Waals surface area (Å²) in [5, 5.41) is 23.5. The highest BCUT2D eigenvalue weighted by Gasteiger charge is 2.26. The number of nitro groups is 1. The summed E-state index contributed by atoms with van der Waals surface area (Å²) >= 11 is 0.798. The van der Waals surface area contributed by atoms with Crippen LogP contribution in [-0.2, 0) is 28.5 Å². The number of pyridine rings is 2. The van der Waals surface area contributed by atoms with Gasteiger partial charge in [-0.15, -0.1) is 0 Å². The number of ketones is 1. The number of carbonyl (C=O) groups is 3. The van der Waals surface area contributed by atoms with Gasteiger partial charge in [0.15, 0.2) is 10.9 Å². The molecule has 2 amide bonds. The van der Waals surface area contributed by atoms with Gasteiger partial charge in [0, 0.05) is 68.1 Å². The van der Waals surface area contributed by atoms with Gasteiger partial charge in [0.2, 0.25) is 11.9 Å². The van der Waals surface area contributed by atoms with Crippen LogP contribution in [0.3, 0.4) is 0 Å². The van der Waals surface area contributed by atoms with Crippen LogP contribution in [0.2, 0.25) is 0 Å². The lowest BCUT2D eigenvalue weighted by molar-refractivity contribution is -0.380. The van der Waals surface area contributed by atoms with Crippen molar-refractivity contribution in [1.29, 1.82) is 0 Å². The summed E-state index contributed by atoms with van der Waals surface area (Å²) in [4.78, 5) is 83.7. The summed E-state index contributed by atoms with van der Waals surface area (Å²) in [5.41, 5.74) is 4.02. The van der Waals surface area contributed by atoms with Gasteiger partial charge < -0.3 is 44.5 Å². The zero-order chi connectivity index (χ0) is 51.5. The number of hydrogen-bond donors (Lipinski definition) is 4. The van der Waals surface area contributed by atoms with E-state index in [4.69, 9.17) is 28.7 Å². The third-order valence-electron chi connectivity index (χ3n) is 12.3. The van der Waals surface area contributed by atoms with Gasteiger partial charge >= 0.3 is 5.00 Å². The van der Waals surface area contributed by atoms with E-state index >= 15 is 0 Å². The van der Waals surface area contributed by atoms with Crippen molar-refractivity contribution in [2.75, 3.05) is 133 Å².